The smallest absolute Gasteiger partial charge is 0.267 e. The number of furan rings is 1. The first-order valence-electron chi connectivity index (χ1n) is 7.25. The molecule has 1 amide bonds. The molecule has 0 aliphatic carbocycles. The Labute approximate surface area is 146 Å². The van der Waals surface area contributed by atoms with Crippen molar-refractivity contribution in [3.63, 3.8) is 0 Å². The fraction of sp³-hybridized carbons (Fsp3) is 0.118. The second kappa shape index (κ2) is 7.27. The first-order valence-corrected chi connectivity index (χ1v) is 8.04. The average Bonchev–Trinajstić information content (AvgIpc) is 3.08. The van der Waals surface area contributed by atoms with Crippen LogP contribution in [0.1, 0.15) is 5.76 Å². The Hall–Kier alpha value is -2.67. The predicted octanol–water partition coefficient (Wildman–Crippen LogP) is 2.58. The highest BCUT2D eigenvalue weighted by Gasteiger charge is 2.08. The van der Waals surface area contributed by atoms with E-state index >= 15 is 0 Å². The molecule has 0 spiro atoms. The van der Waals surface area contributed by atoms with Gasteiger partial charge in [-0.3, -0.25) is 9.59 Å². The number of nitrogens with one attached hydrogen (secondary N) is 1. The lowest BCUT2D eigenvalue weighted by atomic mass is 10.1. The fourth-order valence-corrected chi connectivity index (χ4v) is 2.55. The minimum Gasteiger partial charge on any atom is -0.467 e. The highest BCUT2D eigenvalue weighted by Crippen LogP contribution is 2.20. The number of amides is 1. The lowest BCUT2D eigenvalue weighted by molar-refractivity contribution is -0.122. The molecule has 0 radical (unpaired) electrons. The molecule has 2 aromatic heterocycles. The Balaban J connectivity index is 1.74. The topological polar surface area (TPSA) is 77.1 Å². The van der Waals surface area contributed by atoms with E-state index in [2.05, 4.69) is 26.3 Å². The molecular formula is C17H14BrN3O3. The second-order valence-corrected chi connectivity index (χ2v) is 6.00. The number of benzene rings is 1. The summed E-state index contributed by atoms with van der Waals surface area (Å²) in [5.74, 6) is 0.332. The lowest BCUT2D eigenvalue weighted by Gasteiger charge is -2.08. The number of hydrogen-bond acceptors (Lipinski definition) is 4. The van der Waals surface area contributed by atoms with Crippen molar-refractivity contribution in [2.45, 2.75) is 13.1 Å². The van der Waals surface area contributed by atoms with Gasteiger partial charge in [-0.1, -0.05) is 28.1 Å². The summed E-state index contributed by atoms with van der Waals surface area (Å²) in [4.78, 5) is 23.9. The average molecular weight is 388 g/mol. The first kappa shape index (κ1) is 16.2. The van der Waals surface area contributed by atoms with E-state index < -0.39 is 0 Å². The molecule has 0 fully saturated rings. The Bertz CT molecular complexity index is 903. The summed E-state index contributed by atoms with van der Waals surface area (Å²) in [6.07, 6.45) is 1.54. The van der Waals surface area contributed by atoms with Crippen LogP contribution in [0.5, 0.6) is 0 Å². The summed E-state index contributed by atoms with van der Waals surface area (Å²) in [5, 5.41) is 6.96. The number of rotatable bonds is 5. The molecule has 122 valence electrons. The van der Waals surface area contributed by atoms with Crippen LogP contribution in [0.25, 0.3) is 11.3 Å². The molecule has 1 N–H and O–H groups in total. The van der Waals surface area contributed by atoms with Gasteiger partial charge in [-0.25, -0.2) is 4.68 Å². The number of hydrogen-bond donors (Lipinski definition) is 1. The molecule has 0 saturated heterocycles. The minimum atomic E-state index is -0.332. The standard InChI is InChI=1S/C17H14BrN3O3/c18-13-4-1-3-12(9-13)15-6-7-17(23)21(20-15)11-16(22)19-10-14-5-2-8-24-14/h1-9H,10-11H2,(H,19,22). The highest BCUT2D eigenvalue weighted by molar-refractivity contribution is 9.10. The summed E-state index contributed by atoms with van der Waals surface area (Å²) in [7, 11) is 0. The molecule has 6 nitrogen and oxygen atoms in total. The molecule has 24 heavy (non-hydrogen) atoms. The van der Waals surface area contributed by atoms with Crippen LogP contribution >= 0.6 is 15.9 Å². The van der Waals surface area contributed by atoms with Gasteiger partial charge in [0.15, 0.2) is 0 Å². The Kier molecular flexibility index (Phi) is 4.90. The highest BCUT2D eigenvalue weighted by atomic mass is 79.9. The van der Waals surface area contributed by atoms with E-state index in [-0.39, 0.29) is 24.6 Å². The van der Waals surface area contributed by atoms with Crippen molar-refractivity contribution in [1.82, 2.24) is 15.1 Å². The Morgan fingerprint density at radius 3 is 2.83 bits per heavy atom. The van der Waals surface area contributed by atoms with E-state index in [1.165, 1.54) is 12.3 Å². The molecule has 0 aliphatic rings. The van der Waals surface area contributed by atoms with Crippen molar-refractivity contribution < 1.29 is 9.21 Å². The van der Waals surface area contributed by atoms with Crippen molar-refractivity contribution in [2.24, 2.45) is 0 Å². The van der Waals surface area contributed by atoms with Crippen molar-refractivity contribution in [2.75, 3.05) is 0 Å². The number of carbonyl (C=O) groups excluding carboxylic acids is 1. The van der Waals surface area contributed by atoms with Gasteiger partial charge in [0.2, 0.25) is 5.91 Å². The molecule has 0 atom stereocenters. The molecule has 3 rings (SSSR count). The third-order valence-corrected chi connectivity index (χ3v) is 3.81. The number of carbonyl (C=O) groups is 1. The van der Waals surface area contributed by atoms with Crippen LogP contribution in [-0.2, 0) is 17.9 Å². The first-order chi connectivity index (χ1) is 11.6. The van der Waals surface area contributed by atoms with Gasteiger partial charge in [-0.2, -0.15) is 5.10 Å². The summed E-state index contributed by atoms with van der Waals surface area (Å²) in [6, 6.07) is 14.1. The normalized spacial score (nSPS) is 10.5. The maximum atomic E-state index is 12.0. The van der Waals surface area contributed by atoms with Gasteiger partial charge in [0.1, 0.15) is 12.3 Å². The number of aromatic nitrogens is 2. The largest absolute Gasteiger partial charge is 0.467 e. The summed E-state index contributed by atoms with van der Waals surface area (Å²) in [6.45, 7) is 0.118. The molecule has 1 aromatic carbocycles. The molecule has 7 heteroatoms. The van der Waals surface area contributed by atoms with Crippen molar-refractivity contribution >= 4 is 21.8 Å². The predicted molar refractivity (Wildman–Crippen MR) is 92.2 cm³/mol. The SMILES string of the molecule is O=C(Cn1nc(-c2cccc(Br)c2)ccc1=O)NCc1ccco1. The number of nitrogens with zero attached hydrogens (tertiary/aromatic N) is 2. The molecule has 0 saturated carbocycles. The van der Waals surface area contributed by atoms with Crippen LogP contribution in [0.3, 0.4) is 0 Å². The summed E-state index contributed by atoms with van der Waals surface area (Å²) >= 11 is 3.40. The van der Waals surface area contributed by atoms with Crippen LogP contribution in [0, 0.1) is 0 Å². The summed E-state index contributed by atoms with van der Waals surface area (Å²) in [5.41, 5.74) is 1.14. The maximum Gasteiger partial charge on any atom is 0.267 e. The third kappa shape index (κ3) is 3.99. The zero-order chi connectivity index (χ0) is 16.9. The zero-order valence-electron chi connectivity index (χ0n) is 12.6. The van der Waals surface area contributed by atoms with Crippen LogP contribution in [-0.4, -0.2) is 15.7 Å². The second-order valence-electron chi connectivity index (χ2n) is 5.08. The van der Waals surface area contributed by atoms with E-state index in [4.69, 9.17) is 4.42 Å². The monoisotopic (exact) mass is 387 g/mol. The van der Waals surface area contributed by atoms with Gasteiger partial charge < -0.3 is 9.73 Å². The van der Waals surface area contributed by atoms with Gasteiger partial charge in [-0.15, -0.1) is 0 Å². The van der Waals surface area contributed by atoms with Gasteiger partial charge in [0, 0.05) is 16.1 Å². The van der Waals surface area contributed by atoms with Gasteiger partial charge >= 0.3 is 0 Å². The van der Waals surface area contributed by atoms with E-state index in [0.29, 0.717) is 11.5 Å². The Morgan fingerprint density at radius 2 is 2.08 bits per heavy atom. The van der Waals surface area contributed by atoms with E-state index in [1.54, 1.807) is 18.2 Å². The van der Waals surface area contributed by atoms with Crippen LogP contribution < -0.4 is 10.9 Å². The van der Waals surface area contributed by atoms with E-state index in [9.17, 15) is 9.59 Å². The summed E-state index contributed by atoms with van der Waals surface area (Å²) < 4.78 is 7.20. The fourth-order valence-electron chi connectivity index (χ4n) is 2.15. The van der Waals surface area contributed by atoms with Crippen LogP contribution in [0.15, 0.2) is 68.5 Å². The van der Waals surface area contributed by atoms with Crippen LogP contribution in [0.2, 0.25) is 0 Å². The van der Waals surface area contributed by atoms with E-state index in [0.717, 1.165) is 14.7 Å². The molecule has 0 unspecified atom stereocenters. The quantitative estimate of drug-likeness (QED) is 0.729. The minimum absolute atomic E-state index is 0.151. The Morgan fingerprint density at radius 1 is 1.21 bits per heavy atom. The zero-order valence-corrected chi connectivity index (χ0v) is 14.2. The molecule has 0 bridgehead atoms. The van der Waals surface area contributed by atoms with Gasteiger partial charge in [-0.05, 0) is 30.3 Å². The van der Waals surface area contributed by atoms with Gasteiger partial charge in [0.25, 0.3) is 5.56 Å². The van der Waals surface area contributed by atoms with Crippen molar-refractivity contribution in [3.8, 4) is 11.3 Å². The molecular weight excluding hydrogens is 374 g/mol. The molecule has 3 aromatic rings. The molecule has 0 aliphatic heterocycles. The van der Waals surface area contributed by atoms with Crippen molar-refractivity contribution in [3.05, 3.63) is 75.4 Å². The third-order valence-electron chi connectivity index (χ3n) is 3.32. The number of halogens is 1. The van der Waals surface area contributed by atoms with E-state index in [1.807, 2.05) is 24.3 Å². The maximum absolute atomic E-state index is 12.0. The van der Waals surface area contributed by atoms with Gasteiger partial charge in [0.05, 0.1) is 18.5 Å². The molecule has 2 heterocycles. The van der Waals surface area contributed by atoms with Crippen LogP contribution in [0.4, 0.5) is 0 Å². The lowest BCUT2D eigenvalue weighted by Crippen LogP contribution is -2.33. The van der Waals surface area contributed by atoms with Crippen molar-refractivity contribution in [1.29, 1.82) is 0 Å².